The van der Waals surface area contributed by atoms with E-state index in [0.29, 0.717) is 42.4 Å². The van der Waals surface area contributed by atoms with Crippen molar-refractivity contribution in [3.63, 3.8) is 0 Å². The SMILES string of the molecule is COc1ccc(C(=O)N2CCN(C(=O)CCS(=O)(=O)c3ccc4c(c3)CCC4)CC2)cc1. The van der Waals surface area contributed by atoms with Gasteiger partial charge in [0.1, 0.15) is 5.75 Å². The van der Waals surface area contributed by atoms with Crippen LogP contribution in [-0.4, -0.2) is 69.1 Å². The summed E-state index contributed by atoms with van der Waals surface area (Å²) in [7, 11) is -1.93. The van der Waals surface area contributed by atoms with Crippen molar-refractivity contribution in [2.45, 2.75) is 30.6 Å². The Hall–Kier alpha value is -2.87. The fourth-order valence-electron chi connectivity index (χ4n) is 4.31. The van der Waals surface area contributed by atoms with E-state index in [-0.39, 0.29) is 24.0 Å². The average Bonchev–Trinajstić information content (AvgIpc) is 3.30. The molecule has 2 amide bonds. The Bertz CT molecular complexity index is 1100. The molecule has 8 heteroatoms. The Balaban J connectivity index is 1.29. The van der Waals surface area contributed by atoms with Gasteiger partial charge >= 0.3 is 0 Å². The number of amides is 2. The molecule has 2 aromatic rings. The van der Waals surface area contributed by atoms with E-state index in [4.69, 9.17) is 4.74 Å². The number of piperazine rings is 1. The summed E-state index contributed by atoms with van der Waals surface area (Å²) >= 11 is 0. The lowest BCUT2D eigenvalue weighted by molar-refractivity contribution is -0.132. The van der Waals surface area contributed by atoms with Crippen molar-refractivity contribution in [2.24, 2.45) is 0 Å². The second-order valence-corrected chi connectivity index (χ2v) is 10.4. The maximum absolute atomic E-state index is 12.7. The summed E-state index contributed by atoms with van der Waals surface area (Å²) in [6, 6.07) is 12.3. The molecule has 1 saturated heterocycles. The molecule has 2 aromatic carbocycles. The highest BCUT2D eigenvalue weighted by Crippen LogP contribution is 2.25. The van der Waals surface area contributed by atoms with Crippen LogP contribution in [-0.2, 0) is 27.5 Å². The van der Waals surface area contributed by atoms with Gasteiger partial charge in [0.25, 0.3) is 5.91 Å². The molecule has 0 spiro atoms. The summed E-state index contributed by atoms with van der Waals surface area (Å²) < 4.78 is 30.6. The number of hydrogen-bond donors (Lipinski definition) is 0. The Morgan fingerprint density at radius 2 is 1.56 bits per heavy atom. The smallest absolute Gasteiger partial charge is 0.253 e. The van der Waals surface area contributed by atoms with Gasteiger partial charge in [-0.1, -0.05) is 6.07 Å². The Labute approximate surface area is 188 Å². The van der Waals surface area contributed by atoms with Crippen LogP contribution in [0.15, 0.2) is 47.4 Å². The Morgan fingerprint density at radius 3 is 2.25 bits per heavy atom. The maximum atomic E-state index is 12.7. The second kappa shape index (κ2) is 9.32. The van der Waals surface area contributed by atoms with Crippen molar-refractivity contribution in [3.05, 3.63) is 59.2 Å². The van der Waals surface area contributed by atoms with Crippen LogP contribution in [0, 0.1) is 0 Å². The monoisotopic (exact) mass is 456 g/mol. The number of nitrogens with zero attached hydrogens (tertiary/aromatic N) is 2. The number of ether oxygens (including phenoxy) is 1. The van der Waals surface area contributed by atoms with Crippen molar-refractivity contribution in [1.82, 2.24) is 9.80 Å². The molecule has 1 aliphatic carbocycles. The molecule has 0 N–H and O–H groups in total. The summed E-state index contributed by atoms with van der Waals surface area (Å²) in [5.41, 5.74) is 2.91. The quantitative estimate of drug-likeness (QED) is 0.666. The van der Waals surface area contributed by atoms with Crippen molar-refractivity contribution < 1.29 is 22.7 Å². The fourth-order valence-corrected chi connectivity index (χ4v) is 5.59. The van der Waals surface area contributed by atoms with Crippen LogP contribution in [0.1, 0.15) is 34.3 Å². The number of carbonyl (C=O) groups is 2. The molecule has 170 valence electrons. The van der Waals surface area contributed by atoms with Crippen LogP contribution in [0.25, 0.3) is 0 Å². The third kappa shape index (κ3) is 4.80. The first-order valence-corrected chi connectivity index (χ1v) is 12.6. The fraction of sp³-hybridized carbons (Fsp3) is 0.417. The van der Waals surface area contributed by atoms with E-state index in [1.807, 2.05) is 6.07 Å². The lowest BCUT2D eigenvalue weighted by Crippen LogP contribution is -2.50. The van der Waals surface area contributed by atoms with Gasteiger partial charge in [0, 0.05) is 38.2 Å². The minimum atomic E-state index is -3.50. The summed E-state index contributed by atoms with van der Waals surface area (Å²) in [6.45, 7) is 1.65. The van der Waals surface area contributed by atoms with Gasteiger partial charge < -0.3 is 14.5 Å². The minimum absolute atomic E-state index is 0.0498. The summed E-state index contributed by atoms with van der Waals surface area (Å²) in [6.07, 6.45) is 2.92. The van der Waals surface area contributed by atoms with E-state index < -0.39 is 9.84 Å². The van der Waals surface area contributed by atoms with E-state index in [1.54, 1.807) is 53.3 Å². The van der Waals surface area contributed by atoms with Gasteiger partial charge in [-0.3, -0.25) is 9.59 Å². The molecule has 2 aliphatic rings. The van der Waals surface area contributed by atoms with E-state index in [1.165, 1.54) is 5.56 Å². The van der Waals surface area contributed by atoms with Gasteiger partial charge in [0.2, 0.25) is 5.91 Å². The number of aryl methyl sites for hydroxylation is 2. The van der Waals surface area contributed by atoms with Gasteiger partial charge in [0.05, 0.1) is 17.8 Å². The number of hydrogen-bond acceptors (Lipinski definition) is 5. The standard InChI is InChI=1S/C24H28N2O5S/c1-31-21-8-5-19(6-9-21)24(28)26-14-12-25(13-15-26)23(27)11-16-32(29,30)22-10-7-18-3-2-4-20(18)17-22/h5-10,17H,2-4,11-16H2,1H3. The molecule has 1 fully saturated rings. The first-order valence-electron chi connectivity index (χ1n) is 10.9. The number of sulfone groups is 1. The molecular weight excluding hydrogens is 428 g/mol. The Kier molecular flexibility index (Phi) is 6.50. The van der Waals surface area contributed by atoms with Crippen LogP contribution < -0.4 is 4.74 Å². The molecule has 0 atom stereocenters. The third-order valence-electron chi connectivity index (χ3n) is 6.27. The maximum Gasteiger partial charge on any atom is 0.253 e. The molecule has 1 aliphatic heterocycles. The van der Waals surface area contributed by atoms with Gasteiger partial charge in [0.15, 0.2) is 9.84 Å². The van der Waals surface area contributed by atoms with Crippen LogP contribution in [0.2, 0.25) is 0 Å². The highest BCUT2D eigenvalue weighted by molar-refractivity contribution is 7.91. The number of methoxy groups -OCH3 is 1. The molecule has 0 radical (unpaired) electrons. The predicted octanol–water partition coefficient (Wildman–Crippen LogP) is 2.33. The van der Waals surface area contributed by atoms with Crippen LogP contribution in [0.5, 0.6) is 5.75 Å². The largest absolute Gasteiger partial charge is 0.497 e. The van der Waals surface area contributed by atoms with E-state index in [0.717, 1.165) is 24.8 Å². The minimum Gasteiger partial charge on any atom is -0.497 e. The van der Waals surface area contributed by atoms with Gasteiger partial charge in [-0.2, -0.15) is 0 Å². The molecule has 0 bridgehead atoms. The molecule has 7 nitrogen and oxygen atoms in total. The van der Waals surface area contributed by atoms with E-state index >= 15 is 0 Å². The van der Waals surface area contributed by atoms with Crippen molar-refractivity contribution in [3.8, 4) is 5.75 Å². The van der Waals surface area contributed by atoms with Gasteiger partial charge in [-0.25, -0.2) is 8.42 Å². The lowest BCUT2D eigenvalue weighted by atomic mass is 10.1. The van der Waals surface area contributed by atoms with Crippen LogP contribution >= 0.6 is 0 Å². The zero-order valence-electron chi connectivity index (χ0n) is 18.2. The number of rotatable bonds is 6. The van der Waals surface area contributed by atoms with Crippen LogP contribution in [0.4, 0.5) is 0 Å². The molecule has 4 rings (SSSR count). The highest BCUT2D eigenvalue weighted by Gasteiger charge is 2.26. The summed E-state index contributed by atoms with van der Waals surface area (Å²) in [5, 5.41) is 0. The molecule has 1 heterocycles. The van der Waals surface area contributed by atoms with Gasteiger partial charge in [-0.05, 0) is 66.8 Å². The normalized spacial score (nSPS) is 16.0. The first kappa shape index (κ1) is 22.3. The number of benzene rings is 2. The Morgan fingerprint density at radius 1 is 0.906 bits per heavy atom. The van der Waals surface area contributed by atoms with Crippen molar-refractivity contribution >= 4 is 21.7 Å². The summed E-state index contributed by atoms with van der Waals surface area (Å²) in [5.74, 6) is 0.215. The number of carbonyl (C=O) groups excluding carboxylic acids is 2. The first-order chi connectivity index (χ1) is 15.4. The van der Waals surface area contributed by atoms with Crippen molar-refractivity contribution in [2.75, 3.05) is 39.0 Å². The topological polar surface area (TPSA) is 84.0 Å². The average molecular weight is 457 g/mol. The lowest BCUT2D eigenvalue weighted by Gasteiger charge is -2.35. The second-order valence-electron chi connectivity index (χ2n) is 8.25. The third-order valence-corrected chi connectivity index (χ3v) is 7.98. The molecular formula is C24H28N2O5S. The molecule has 0 aromatic heterocycles. The summed E-state index contributed by atoms with van der Waals surface area (Å²) in [4.78, 5) is 29.0. The zero-order valence-corrected chi connectivity index (χ0v) is 19.1. The molecule has 32 heavy (non-hydrogen) atoms. The van der Waals surface area contributed by atoms with E-state index in [9.17, 15) is 18.0 Å². The molecule has 0 saturated carbocycles. The van der Waals surface area contributed by atoms with E-state index in [2.05, 4.69) is 0 Å². The van der Waals surface area contributed by atoms with Crippen LogP contribution in [0.3, 0.4) is 0 Å². The molecule has 0 unspecified atom stereocenters. The van der Waals surface area contributed by atoms with Crippen molar-refractivity contribution in [1.29, 1.82) is 0 Å². The highest BCUT2D eigenvalue weighted by atomic mass is 32.2. The predicted molar refractivity (Wildman–Crippen MR) is 121 cm³/mol. The zero-order chi connectivity index (χ0) is 22.7. The van der Waals surface area contributed by atoms with Gasteiger partial charge in [-0.15, -0.1) is 0 Å². The number of fused-ring (bicyclic) bond motifs is 1.